The minimum atomic E-state index is -0.406. The molecule has 0 bridgehead atoms. The Kier molecular flexibility index (Phi) is 7.80. The molecule has 2 atom stereocenters. The summed E-state index contributed by atoms with van der Waals surface area (Å²) in [4.78, 5) is 26.1. The average molecular weight is 366 g/mol. The highest BCUT2D eigenvalue weighted by Gasteiger charge is 2.25. The summed E-state index contributed by atoms with van der Waals surface area (Å²) in [6.45, 7) is 2.07. The first-order valence-electron chi connectivity index (χ1n) is 8.83. The molecule has 1 heterocycles. The second-order valence-corrected chi connectivity index (χ2v) is 6.49. The second kappa shape index (κ2) is 10.1. The standard InChI is InChI=1S/C18H27FN4O3/c1-26-16(10-20)9-17(24)23-7-3-4-13(12-23)11-21-18(25)22-15-6-2-5-14(19)8-15/h2,5-6,8,13,16H,3-4,7,9-12,20H2,1H3,(H2,21,22,25). The van der Waals surface area contributed by atoms with Gasteiger partial charge in [-0.3, -0.25) is 4.79 Å². The van der Waals surface area contributed by atoms with Crippen molar-refractivity contribution in [2.75, 3.05) is 38.6 Å². The van der Waals surface area contributed by atoms with E-state index in [-0.39, 0.29) is 30.4 Å². The van der Waals surface area contributed by atoms with Gasteiger partial charge in [0.25, 0.3) is 0 Å². The smallest absolute Gasteiger partial charge is 0.319 e. The van der Waals surface area contributed by atoms with Crippen molar-refractivity contribution < 1.29 is 18.7 Å². The number of urea groups is 1. The van der Waals surface area contributed by atoms with Gasteiger partial charge in [-0.25, -0.2) is 9.18 Å². The lowest BCUT2D eigenvalue weighted by Crippen LogP contribution is -2.45. The summed E-state index contributed by atoms with van der Waals surface area (Å²) >= 11 is 0. The summed E-state index contributed by atoms with van der Waals surface area (Å²) < 4.78 is 18.3. The number of anilines is 1. The number of likely N-dealkylation sites (tertiary alicyclic amines) is 1. The summed E-state index contributed by atoms with van der Waals surface area (Å²) in [7, 11) is 1.55. The molecular weight excluding hydrogens is 339 g/mol. The number of hydrogen-bond acceptors (Lipinski definition) is 4. The lowest BCUT2D eigenvalue weighted by molar-refractivity contribution is -0.135. The molecule has 1 saturated heterocycles. The highest BCUT2D eigenvalue weighted by Crippen LogP contribution is 2.17. The number of carbonyl (C=O) groups excluding carboxylic acids is 2. The largest absolute Gasteiger partial charge is 0.380 e. The van der Waals surface area contributed by atoms with E-state index < -0.39 is 5.82 Å². The van der Waals surface area contributed by atoms with Gasteiger partial charge in [-0.05, 0) is 37.0 Å². The number of carbonyl (C=O) groups is 2. The zero-order valence-electron chi connectivity index (χ0n) is 15.0. The van der Waals surface area contributed by atoms with E-state index in [0.29, 0.717) is 31.9 Å². The Morgan fingerprint density at radius 1 is 1.46 bits per heavy atom. The van der Waals surface area contributed by atoms with Crippen molar-refractivity contribution in [3.05, 3.63) is 30.1 Å². The van der Waals surface area contributed by atoms with Crippen molar-refractivity contribution in [1.29, 1.82) is 0 Å². The minimum Gasteiger partial charge on any atom is -0.380 e. The highest BCUT2D eigenvalue weighted by atomic mass is 19.1. The van der Waals surface area contributed by atoms with Gasteiger partial charge in [0.05, 0.1) is 12.5 Å². The molecule has 2 rings (SSSR count). The van der Waals surface area contributed by atoms with Crippen LogP contribution in [0.4, 0.5) is 14.9 Å². The first-order chi connectivity index (χ1) is 12.5. The van der Waals surface area contributed by atoms with Crippen LogP contribution in [-0.4, -0.2) is 56.2 Å². The van der Waals surface area contributed by atoms with Crippen molar-refractivity contribution in [2.24, 2.45) is 11.7 Å². The first kappa shape index (κ1) is 20.1. The number of benzene rings is 1. The van der Waals surface area contributed by atoms with Gasteiger partial charge in [-0.1, -0.05) is 6.07 Å². The SMILES string of the molecule is COC(CN)CC(=O)N1CCCC(CNC(=O)Nc2cccc(F)c2)C1. The Bertz CT molecular complexity index is 610. The molecule has 7 nitrogen and oxygen atoms in total. The number of hydrogen-bond donors (Lipinski definition) is 3. The summed E-state index contributed by atoms with van der Waals surface area (Å²) in [5, 5.41) is 5.38. The van der Waals surface area contributed by atoms with Crippen LogP contribution in [0.3, 0.4) is 0 Å². The predicted molar refractivity (Wildman–Crippen MR) is 97.2 cm³/mol. The second-order valence-electron chi connectivity index (χ2n) is 6.49. The third-order valence-electron chi connectivity index (χ3n) is 4.50. The molecule has 1 aliphatic heterocycles. The number of piperidine rings is 1. The van der Waals surface area contributed by atoms with Gasteiger partial charge in [0, 0.05) is 39.0 Å². The summed E-state index contributed by atoms with van der Waals surface area (Å²) in [5.41, 5.74) is 5.97. The predicted octanol–water partition coefficient (Wildman–Crippen LogP) is 1.55. The number of methoxy groups -OCH3 is 1. The molecule has 144 valence electrons. The maximum absolute atomic E-state index is 13.1. The Labute approximate surface area is 153 Å². The molecule has 0 spiro atoms. The third kappa shape index (κ3) is 6.27. The number of ether oxygens (including phenoxy) is 1. The maximum Gasteiger partial charge on any atom is 0.319 e. The molecule has 0 radical (unpaired) electrons. The molecule has 4 N–H and O–H groups in total. The van der Waals surface area contributed by atoms with Crippen LogP contribution >= 0.6 is 0 Å². The van der Waals surface area contributed by atoms with E-state index in [1.54, 1.807) is 13.2 Å². The normalized spacial score (nSPS) is 18.3. The van der Waals surface area contributed by atoms with Gasteiger partial charge in [0.2, 0.25) is 5.91 Å². The topological polar surface area (TPSA) is 96.7 Å². The Morgan fingerprint density at radius 2 is 2.27 bits per heavy atom. The van der Waals surface area contributed by atoms with Gasteiger partial charge in [0.15, 0.2) is 0 Å². The van der Waals surface area contributed by atoms with Crippen molar-refractivity contribution in [1.82, 2.24) is 10.2 Å². The lowest BCUT2D eigenvalue weighted by atomic mass is 9.97. The first-order valence-corrected chi connectivity index (χ1v) is 8.83. The van der Waals surface area contributed by atoms with Crippen LogP contribution in [0.1, 0.15) is 19.3 Å². The number of amides is 3. The van der Waals surface area contributed by atoms with E-state index in [1.165, 1.54) is 18.2 Å². The molecule has 1 aliphatic rings. The molecule has 0 saturated carbocycles. The van der Waals surface area contributed by atoms with E-state index in [9.17, 15) is 14.0 Å². The number of nitrogens with one attached hydrogen (secondary N) is 2. The van der Waals surface area contributed by atoms with Gasteiger partial charge < -0.3 is 26.0 Å². The third-order valence-corrected chi connectivity index (χ3v) is 4.50. The van der Waals surface area contributed by atoms with Crippen LogP contribution in [-0.2, 0) is 9.53 Å². The molecule has 1 fully saturated rings. The Balaban J connectivity index is 1.77. The molecule has 1 aromatic rings. The van der Waals surface area contributed by atoms with Gasteiger partial charge in [-0.2, -0.15) is 0 Å². The van der Waals surface area contributed by atoms with Crippen LogP contribution in [0.5, 0.6) is 0 Å². The van der Waals surface area contributed by atoms with E-state index in [2.05, 4.69) is 10.6 Å². The molecule has 8 heteroatoms. The van der Waals surface area contributed by atoms with Gasteiger partial charge >= 0.3 is 6.03 Å². The van der Waals surface area contributed by atoms with Crippen molar-refractivity contribution in [3.8, 4) is 0 Å². The molecular formula is C18H27FN4O3. The monoisotopic (exact) mass is 366 g/mol. The number of rotatable bonds is 7. The summed E-state index contributed by atoms with van der Waals surface area (Å²) in [6.07, 6.45) is 1.84. The molecule has 1 aromatic carbocycles. The molecule has 3 amide bonds. The number of nitrogens with two attached hydrogens (primary N) is 1. The number of halogens is 1. The maximum atomic E-state index is 13.1. The van der Waals surface area contributed by atoms with Crippen LogP contribution in [0, 0.1) is 11.7 Å². The van der Waals surface area contributed by atoms with Gasteiger partial charge in [-0.15, -0.1) is 0 Å². The Morgan fingerprint density at radius 3 is 2.96 bits per heavy atom. The minimum absolute atomic E-state index is 0.0243. The van der Waals surface area contributed by atoms with Crippen LogP contribution in [0.15, 0.2) is 24.3 Å². The van der Waals surface area contributed by atoms with Crippen molar-refractivity contribution in [2.45, 2.75) is 25.4 Å². The van der Waals surface area contributed by atoms with Crippen LogP contribution in [0.25, 0.3) is 0 Å². The fraction of sp³-hybridized carbons (Fsp3) is 0.556. The van der Waals surface area contributed by atoms with Gasteiger partial charge in [0.1, 0.15) is 5.82 Å². The lowest BCUT2D eigenvalue weighted by Gasteiger charge is -2.33. The summed E-state index contributed by atoms with van der Waals surface area (Å²) in [6, 6.07) is 5.33. The Hall–Kier alpha value is -2.19. The van der Waals surface area contributed by atoms with Crippen molar-refractivity contribution in [3.63, 3.8) is 0 Å². The molecule has 2 unspecified atom stereocenters. The van der Waals surface area contributed by atoms with E-state index in [4.69, 9.17) is 10.5 Å². The zero-order chi connectivity index (χ0) is 18.9. The average Bonchev–Trinajstić information content (AvgIpc) is 2.64. The molecule has 0 aromatic heterocycles. The quantitative estimate of drug-likeness (QED) is 0.682. The zero-order valence-corrected chi connectivity index (χ0v) is 15.0. The van der Waals surface area contributed by atoms with E-state index in [0.717, 1.165) is 12.8 Å². The summed E-state index contributed by atoms with van der Waals surface area (Å²) in [5.74, 6) is -0.197. The fourth-order valence-corrected chi connectivity index (χ4v) is 3.02. The van der Waals surface area contributed by atoms with E-state index >= 15 is 0 Å². The van der Waals surface area contributed by atoms with E-state index in [1.807, 2.05) is 4.90 Å². The number of nitrogens with zero attached hydrogens (tertiary/aromatic N) is 1. The fourth-order valence-electron chi connectivity index (χ4n) is 3.02. The molecule has 26 heavy (non-hydrogen) atoms. The van der Waals surface area contributed by atoms with Crippen LogP contribution in [0.2, 0.25) is 0 Å². The highest BCUT2D eigenvalue weighted by molar-refractivity contribution is 5.89. The van der Waals surface area contributed by atoms with Crippen LogP contribution < -0.4 is 16.4 Å². The molecule has 0 aliphatic carbocycles. The van der Waals surface area contributed by atoms with Crippen molar-refractivity contribution >= 4 is 17.6 Å².